The van der Waals surface area contributed by atoms with Crippen LogP contribution in [0.5, 0.6) is 5.75 Å². The Bertz CT molecular complexity index is 881. The quantitative estimate of drug-likeness (QED) is 0.743. The average Bonchev–Trinajstić information content (AvgIpc) is 2.64. The molecule has 0 unspecified atom stereocenters. The molecule has 2 aromatic rings. The van der Waals surface area contributed by atoms with E-state index < -0.39 is 21.8 Å². The molecule has 2 rings (SSSR count). The third-order valence-corrected chi connectivity index (χ3v) is 5.33. The molecule has 146 valence electrons. The highest BCUT2D eigenvalue weighted by Gasteiger charge is 2.23. The molecule has 0 aliphatic rings. The number of nitrogens with one attached hydrogen (secondary N) is 1. The Morgan fingerprint density at radius 2 is 1.70 bits per heavy atom. The van der Waals surface area contributed by atoms with Gasteiger partial charge in [0.2, 0.25) is 0 Å². The van der Waals surface area contributed by atoms with E-state index in [4.69, 9.17) is 4.74 Å². The van der Waals surface area contributed by atoms with Crippen LogP contribution < -0.4 is 10.1 Å². The number of carbonyl (C=O) groups is 1. The van der Waals surface area contributed by atoms with Crippen molar-refractivity contribution in [1.82, 2.24) is 5.32 Å². The zero-order valence-corrected chi connectivity index (χ0v) is 16.4. The van der Waals surface area contributed by atoms with Gasteiger partial charge in [0.1, 0.15) is 0 Å². The third kappa shape index (κ3) is 5.53. The highest BCUT2D eigenvalue weighted by molar-refractivity contribution is 7.90. The average molecular weight is 393 g/mol. The topological polar surface area (TPSA) is 72.5 Å². The van der Waals surface area contributed by atoms with Crippen molar-refractivity contribution in [3.05, 3.63) is 59.9 Å². The summed E-state index contributed by atoms with van der Waals surface area (Å²) in [4.78, 5) is 12.8. The molecule has 1 amide bonds. The lowest BCUT2D eigenvalue weighted by atomic mass is 10.0. The molecule has 7 heteroatoms. The summed E-state index contributed by atoms with van der Waals surface area (Å²) in [7, 11) is -3.27. The van der Waals surface area contributed by atoms with Gasteiger partial charge >= 0.3 is 0 Å². The molecule has 0 radical (unpaired) electrons. The Morgan fingerprint density at radius 3 is 2.22 bits per heavy atom. The molecule has 0 aliphatic heterocycles. The summed E-state index contributed by atoms with van der Waals surface area (Å²) in [5.74, 6) is -0.836. The Kier molecular flexibility index (Phi) is 6.96. The third-order valence-electron chi connectivity index (χ3n) is 4.20. The number of para-hydroxylation sites is 1. The zero-order valence-electron chi connectivity index (χ0n) is 15.6. The zero-order chi connectivity index (χ0) is 20.0. The van der Waals surface area contributed by atoms with Gasteiger partial charge < -0.3 is 10.1 Å². The molecular weight excluding hydrogens is 369 g/mol. The minimum Gasteiger partial charge on any atom is -0.478 e. The molecule has 0 saturated heterocycles. The molecule has 0 bridgehead atoms. The van der Waals surface area contributed by atoms with E-state index in [1.165, 1.54) is 24.3 Å². The standard InChI is InChI=1S/C20H24FNO4S/c1-4-17(14-10-12-15(13-11-14)27(3,24)25)22-20(23)18(5-2)26-19-9-7-6-8-16(19)21/h6-13,17-18H,4-5H2,1-3H3,(H,22,23)/t17-,18-/m0/s1. The van der Waals surface area contributed by atoms with E-state index in [9.17, 15) is 17.6 Å². The van der Waals surface area contributed by atoms with Crippen LogP contribution in [0.1, 0.15) is 38.3 Å². The highest BCUT2D eigenvalue weighted by Crippen LogP contribution is 2.21. The molecule has 2 aromatic carbocycles. The van der Waals surface area contributed by atoms with E-state index >= 15 is 0 Å². The number of sulfone groups is 1. The molecule has 2 atom stereocenters. The molecule has 0 saturated carbocycles. The van der Waals surface area contributed by atoms with Gasteiger partial charge in [0.25, 0.3) is 5.91 Å². The fourth-order valence-corrected chi connectivity index (χ4v) is 3.28. The van der Waals surface area contributed by atoms with Crippen LogP contribution in [-0.2, 0) is 14.6 Å². The molecule has 0 spiro atoms. The summed E-state index contributed by atoms with van der Waals surface area (Å²) in [5, 5.41) is 2.90. The minimum absolute atomic E-state index is 0.0325. The smallest absolute Gasteiger partial charge is 0.261 e. The molecule has 0 aromatic heterocycles. The van der Waals surface area contributed by atoms with E-state index in [0.29, 0.717) is 12.8 Å². The van der Waals surface area contributed by atoms with Crippen LogP contribution in [0.25, 0.3) is 0 Å². The second-order valence-electron chi connectivity index (χ2n) is 6.26. The van der Waals surface area contributed by atoms with E-state index in [-0.39, 0.29) is 22.6 Å². The number of carbonyl (C=O) groups excluding carboxylic acids is 1. The Balaban J connectivity index is 2.11. The highest BCUT2D eigenvalue weighted by atomic mass is 32.2. The Labute approximate surface area is 159 Å². The number of hydrogen-bond donors (Lipinski definition) is 1. The summed E-state index contributed by atoms with van der Waals surface area (Å²) in [5.41, 5.74) is 0.791. The van der Waals surface area contributed by atoms with E-state index in [1.54, 1.807) is 31.2 Å². The molecular formula is C20H24FNO4S. The first-order valence-electron chi connectivity index (χ1n) is 8.77. The number of rotatable bonds is 8. The van der Waals surface area contributed by atoms with Crippen molar-refractivity contribution in [2.24, 2.45) is 0 Å². The minimum atomic E-state index is -3.27. The van der Waals surface area contributed by atoms with Crippen LogP contribution in [0, 0.1) is 5.82 Å². The van der Waals surface area contributed by atoms with E-state index in [1.807, 2.05) is 6.92 Å². The van der Waals surface area contributed by atoms with Crippen molar-refractivity contribution < 1.29 is 22.3 Å². The predicted molar refractivity (Wildman–Crippen MR) is 102 cm³/mol. The first-order valence-corrected chi connectivity index (χ1v) is 10.7. The van der Waals surface area contributed by atoms with Crippen LogP contribution in [0.2, 0.25) is 0 Å². The number of hydrogen-bond acceptors (Lipinski definition) is 4. The number of ether oxygens (including phenoxy) is 1. The maximum absolute atomic E-state index is 13.8. The monoisotopic (exact) mass is 393 g/mol. The summed E-state index contributed by atoms with van der Waals surface area (Å²) in [6, 6.07) is 12.1. The fraction of sp³-hybridized carbons (Fsp3) is 0.350. The fourth-order valence-electron chi connectivity index (χ4n) is 2.65. The SMILES string of the molecule is CC[C@H](Oc1ccccc1F)C(=O)N[C@@H](CC)c1ccc(S(C)(=O)=O)cc1. The molecule has 0 aliphatic carbocycles. The predicted octanol–water partition coefficient (Wildman–Crippen LogP) is 3.65. The van der Waals surface area contributed by atoms with Gasteiger partial charge in [-0.2, -0.15) is 0 Å². The van der Waals surface area contributed by atoms with Gasteiger partial charge in [-0.15, -0.1) is 0 Å². The molecule has 1 N–H and O–H groups in total. The van der Waals surface area contributed by atoms with Gasteiger partial charge in [-0.1, -0.05) is 38.1 Å². The van der Waals surface area contributed by atoms with Crippen molar-refractivity contribution in [1.29, 1.82) is 0 Å². The van der Waals surface area contributed by atoms with Gasteiger partial charge in [-0.25, -0.2) is 12.8 Å². The molecule has 5 nitrogen and oxygen atoms in total. The van der Waals surface area contributed by atoms with Crippen LogP contribution in [0.3, 0.4) is 0 Å². The normalized spacial score (nSPS) is 13.6. The van der Waals surface area contributed by atoms with E-state index in [0.717, 1.165) is 11.8 Å². The van der Waals surface area contributed by atoms with Crippen LogP contribution in [0.15, 0.2) is 53.4 Å². The Hall–Kier alpha value is -2.41. The van der Waals surface area contributed by atoms with Crippen molar-refractivity contribution in [2.45, 2.75) is 43.7 Å². The maximum Gasteiger partial charge on any atom is 0.261 e. The van der Waals surface area contributed by atoms with Crippen molar-refractivity contribution in [2.75, 3.05) is 6.26 Å². The lowest BCUT2D eigenvalue weighted by molar-refractivity contribution is -0.129. The second-order valence-corrected chi connectivity index (χ2v) is 8.27. The molecule has 0 heterocycles. The summed E-state index contributed by atoms with van der Waals surface area (Å²) in [6.45, 7) is 3.70. The number of benzene rings is 2. The first-order chi connectivity index (χ1) is 12.8. The van der Waals surface area contributed by atoms with Crippen molar-refractivity contribution in [3.8, 4) is 5.75 Å². The van der Waals surface area contributed by atoms with Gasteiger partial charge in [0, 0.05) is 6.26 Å². The van der Waals surface area contributed by atoms with Gasteiger partial charge in [-0.05, 0) is 42.7 Å². The maximum atomic E-state index is 13.8. The number of amides is 1. The van der Waals surface area contributed by atoms with Crippen molar-refractivity contribution in [3.63, 3.8) is 0 Å². The lowest BCUT2D eigenvalue weighted by Gasteiger charge is -2.22. The van der Waals surface area contributed by atoms with Crippen LogP contribution in [0.4, 0.5) is 4.39 Å². The largest absolute Gasteiger partial charge is 0.478 e. The van der Waals surface area contributed by atoms with Gasteiger partial charge in [-0.3, -0.25) is 4.79 Å². The van der Waals surface area contributed by atoms with E-state index in [2.05, 4.69) is 5.32 Å². The lowest BCUT2D eigenvalue weighted by Crippen LogP contribution is -2.40. The molecule has 0 fully saturated rings. The second kappa shape index (κ2) is 8.99. The Morgan fingerprint density at radius 1 is 1.07 bits per heavy atom. The van der Waals surface area contributed by atoms with Gasteiger partial charge in [0.05, 0.1) is 10.9 Å². The van der Waals surface area contributed by atoms with Crippen molar-refractivity contribution >= 4 is 15.7 Å². The number of halogens is 1. The van der Waals surface area contributed by atoms with Crippen LogP contribution in [-0.4, -0.2) is 26.7 Å². The summed E-state index contributed by atoms with van der Waals surface area (Å²) < 4.78 is 42.5. The summed E-state index contributed by atoms with van der Waals surface area (Å²) >= 11 is 0. The first kappa shape index (κ1) is 20.9. The molecule has 27 heavy (non-hydrogen) atoms. The van der Waals surface area contributed by atoms with Crippen LogP contribution >= 0.6 is 0 Å². The summed E-state index contributed by atoms with van der Waals surface area (Å²) in [6.07, 6.45) is 1.31. The van der Waals surface area contributed by atoms with Gasteiger partial charge in [0.15, 0.2) is 27.5 Å².